The molecule has 0 heterocycles. The van der Waals surface area contributed by atoms with E-state index in [4.69, 9.17) is 15.9 Å². The van der Waals surface area contributed by atoms with Crippen molar-refractivity contribution >= 4 is 23.7 Å². The number of hydrogen-bond acceptors (Lipinski definition) is 7. The molecule has 28 heavy (non-hydrogen) atoms. The normalized spacial score (nSPS) is 16.6. The summed E-state index contributed by atoms with van der Waals surface area (Å²) >= 11 is 0. The molecular weight excluding hydrogens is 372 g/mol. The van der Waals surface area contributed by atoms with Gasteiger partial charge in [0.05, 0.1) is 12.7 Å². The van der Waals surface area contributed by atoms with E-state index < -0.39 is 66.5 Å². The van der Waals surface area contributed by atoms with Gasteiger partial charge < -0.3 is 37.0 Å². The van der Waals surface area contributed by atoms with E-state index in [-0.39, 0.29) is 5.92 Å². The molecule has 11 nitrogen and oxygen atoms in total. The van der Waals surface area contributed by atoms with Gasteiger partial charge in [-0.05, 0) is 18.8 Å². The average molecular weight is 404 g/mol. The molecule has 3 amide bonds. The van der Waals surface area contributed by atoms with E-state index in [0.717, 1.165) is 0 Å². The number of rotatable bonds is 11. The first-order valence-corrected chi connectivity index (χ1v) is 9.01. The van der Waals surface area contributed by atoms with Crippen molar-refractivity contribution in [3.63, 3.8) is 0 Å². The fourth-order valence-corrected chi connectivity index (χ4v) is 2.29. The van der Waals surface area contributed by atoms with Gasteiger partial charge in [0, 0.05) is 0 Å². The largest absolute Gasteiger partial charge is 0.480 e. The summed E-state index contributed by atoms with van der Waals surface area (Å²) in [5, 5.41) is 34.7. The lowest BCUT2D eigenvalue weighted by atomic mass is 9.99. The number of hydrogen-bond donors (Lipinski definition) is 7. The minimum Gasteiger partial charge on any atom is -0.480 e. The van der Waals surface area contributed by atoms with E-state index in [2.05, 4.69) is 16.0 Å². The minimum atomic E-state index is -1.53. The van der Waals surface area contributed by atoms with Crippen molar-refractivity contribution in [2.24, 2.45) is 17.6 Å². The average Bonchev–Trinajstić information content (AvgIpc) is 2.59. The Hall–Kier alpha value is -2.24. The Bertz CT molecular complexity index is 566. The first-order valence-electron chi connectivity index (χ1n) is 9.01. The molecule has 0 aromatic carbocycles. The van der Waals surface area contributed by atoms with E-state index in [1.54, 1.807) is 27.7 Å². The summed E-state index contributed by atoms with van der Waals surface area (Å²) in [6.07, 6.45) is -1.34. The van der Waals surface area contributed by atoms with E-state index in [0.29, 0.717) is 0 Å². The molecule has 5 atom stereocenters. The Labute approximate surface area is 164 Å². The zero-order valence-corrected chi connectivity index (χ0v) is 16.8. The molecule has 0 aromatic heterocycles. The Morgan fingerprint density at radius 2 is 1.14 bits per heavy atom. The molecule has 0 aliphatic rings. The number of aliphatic hydroxyl groups excluding tert-OH is 2. The number of carbonyl (C=O) groups excluding carboxylic acids is 3. The predicted octanol–water partition coefficient (Wildman–Crippen LogP) is -2.46. The lowest BCUT2D eigenvalue weighted by Crippen LogP contribution is -2.60. The second kappa shape index (κ2) is 11.6. The molecule has 8 N–H and O–H groups in total. The molecule has 5 unspecified atom stereocenters. The number of aliphatic carboxylic acids is 1. The topological polar surface area (TPSA) is 191 Å². The van der Waals surface area contributed by atoms with Crippen molar-refractivity contribution in [1.29, 1.82) is 0 Å². The first-order chi connectivity index (χ1) is 12.8. The van der Waals surface area contributed by atoms with Gasteiger partial charge in [-0.25, -0.2) is 4.79 Å². The third kappa shape index (κ3) is 7.79. The number of carboxylic acid groups (broad SMARTS) is 1. The number of aliphatic hydroxyl groups is 2. The van der Waals surface area contributed by atoms with Crippen molar-refractivity contribution in [2.45, 2.75) is 64.9 Å². The van der Waals surface area contributed by atoms with Gasteiger partial charge in [-0.3, -0.25) is 14.4 Å². The molecule has 0 rings (SSSR count). The molecule has 0 radical (unpaired) electrons. The SMILES string of the molecule is CC(C)C(NC(=O)C(N)CO)C(=O)NC(C(=O)NC(C(=O)O)C(C)O)C(C)C. The molecule has 11 heteroatoms. The highest BCUT2D eigenvalue weighted by atomic mass is 16.4. The van der Waals surface area contributed by atoms with Crippen LogP contribution in [0, 0.1) is 11.8 Å². The molecule has 162 valence electrons. The van der Waals surface area contributed by atoms with Crippen LogP contribution in [0.2, 0.25) is 0 Å². The van der Waals surface area contributed by atoms with Gasteiger partial charge in [-0.15, -0.1) is 0 Å². The molecule has 0 saturated heterocycles. The van der Waals surface area contributed by atoms with Crippen molar-refractivity contribution in [3.8, 4) is 0 Å². The minimum absolute atomic E-state index is 0.352. The van der Waals surface area contributed by atoms with Crippen LogP contribution in [-0.2, 0) is 19.2 Å². The number of nitrogens with one attached hydrogen (secondary N) is 3. The summed E-state index contributed by atoms with van der Waals surface area (Å²) in [7, 11) is 0. The highest BCUT2D eigenvalue weighted by Crippen LogP contribution is 2.08. The van der Waals surface area contributed by atoms with Crippen LogP contribution in [0.25, 0.3) is 0 Å². The summed E-state index contributed by atoms with van der Waals surface area (Å²) in [6.45, 7) is 7.27. The van der Waals surface area contributed by atoms with Gasteiger partial charge in [0.15, 0.2) is 6.04 Å². The monoisotopic (exact) mass is 404 g/mol. The van der Waals surface area contributed by atoms with Crippen LogP contribution in [0.15, 0.2) is 0 Å². The number of carboxylic acids is 1. The van der Waals surface area contributed by atoms with Gasteiger partial charge in [0.25, 0.3) is 0 Å². The smallest absolute Gasteiger partial charge is 0.328 e. The van der Waals surface area contributed by atoms with Crippen LogP contribution in [-0.4, -0.2) is 75.9 Å². The fourth-order valence-electron chi connectivity index (χ4n) is 2.29. The highest BCUT2D eigenvalue weighted by molar-refractivity contribution is 5.94. The van der Waals surface area contributed by atoms with Crippen molar-refractivity contribution in [1.82, 2.24) is 16.0 Å². The maximum absolute atomic E-state index is 12.6. The quantitative estimate of drug-likeness (QED) is 0.197. The third-order valence-electron chi connectivity index (χ3n) is 4.07. The van der Waals surface area contributed by atoms with E-state index in [1.165, 1.54) is 6.92 Å². The maximum Gasteiger partial charge on any atom is 0.328 e. The summed E-state index contributed by atoms with van der Waals surface area (Å²) in [5.74, 6) is -4.33. The molecule has 0 bridgehead atoms. The van der Waals surface area contributed by atoms with Crippen molar-refractivity contribution in [2.75, 3.05) is 6.61 Å². The van der Waals surface area contributed by atoms with Gasteiger partial charge in [-0.1, -0.05) is 27.7 Å². The van der Waals surface area contributed by atoms with Crippen LogP contribution in [0.1, 0.15) is 34.6 Å². The first kappa shape index (κ1) is 25.8. The Kier molecular flexibility index (Phi) is 10.6. The summed E-state index contributed by atoms with van der Waals surface area (Å²) in [4.78, 5) is 48.2. The lowest BCUT2D eigenvalue weighted by molar-refractivity contribution is -0.145. The number of carbonyl (C=O) groups is 4. The second-order valence-corrected chi connectivity index (χ2v) is 7.31. The Morgan fingerprint density at radius 1 is 0.786 bits per heavy atom. The predicted molar refractivity (Wildman–Crippen MR) is 99.8 cm³/mol. The molecule has 0 spiro atoms. The number of nitrogens with two attached hydrogens (primary N) is 1. The Balaban J connectivity index is 5.32. The second-order valence-electron chi connectivity index (χ2n) is 7.31. The fraction of sp³-hybridized carbons (Fsp3) is 0.765. The van der Waals surface area contributed by atoms with E-state index in [9.17, 15) is 24.3 Å². The molecule has 0 aliphatic heterocycles. The van der Waals surface area contributed by atoms with Gasteiger partial charge in [-0.2, -0.15) is 0 Å². The van der Waals surface area contributed by atoms with Gasteiger partial charge in [0.1, 0.15) is 18.1 Å². The van der Waals surface area contributed by atoms with Crippen molar-refractivity contribution in [3.05, 3.63) is 0 Å². The standard InChI is InChI=1S/C17H32N4O7/c1-7(2)11(19-14(24)10(18)6-22)15(25)20-12(8(3)4)16(26)21-13(9(5)23)17(27)28/h7-13,22-23H,6,18H2,1-5H3,(H,19,24)(H,20,25)(H,21,26)(H,27,28). The maximum atomic E-state index is 12.6. The van der Waals surface area contributed by atoms with Crippen LogP contribution < -0.4 is 21.7 Å². The zero-order valence-electron chi connectivity index (χ0n) is 16.8. The molecular formula is C17H32N4O7. The van der Waals surface area contributed by atoms with E-state index >= 15 is 0 Å². The number of amides is 3. The molecule has 0 fully saturated rings. The highest BCUT2D eigenvalue weighted by Gasteiger charge is 2.34. The van der Waals surface area contributed by atoms with Crippen LogP contribution >= 0.6 is 0 Å². The molecule has 0 aliphatic carbocycles. The van der Waals surface area contributed by atoms with Gasteiger partial charge >= 0.3 is 5.97 Å². The zero-order chi connectivity index (χ0) is 22.2. The van der Waals surface area contributed by atoms with Crippen LogP contribution in [0.3, 0.4) is 0 Å². The third-order valence-corrected chi connectivity index (χ3v) is 4.07. The summed E-state index contributed by atoms with van der Waals surface area (Å²) < 4.78 is 0. The summed E-state index contributed by atoms with van der Waals surface area (Å²) in [6, 6.07) is -4.85. The molecule has 0 saturated carbocycles. The lowest BCUT2D eigenvalue weighted by Gasteiger charge is -2.28. The molecule has 0 aromatic rings. The Morgan fingerprint density at radius 3 is 1.43 bits per heavy atom. The van der Waals surface area contributed by atoms with Crippen molar-refractivity contribution < 1.29 is 34.5 Å². The summed E-state index contributed by atoms with van der Waals surface area (Å²) in [5.41, 5.74) is 5.44. The van der Waals surface area contributed by atoms with Crippen LogP contribution in [0.4, 0.5) is 0 Å². The van der Waals surface area contributed by atoms with E-state index in [1.807, 2.05) is 0 Å². The van der Waals surface area contributed by atoms with Crippen LogP contribution in [0.5, 0.6) is 0 Å². The van der Waals surface area contributed by atoms with Gasteiger partial charge in [0.2, 0.25) is 17.7 Å².